The van der Waals surface area contributed by atoms with E-state index < -0.39 is 0 Å². The topological polar surface area (TPSA) is 17.8 Å². The molecule has 43 heavy (non-hydrogen) atoms. The maximum Gasteiger partial charge on any atom is 0.0948 e. The molecule has 2 unspecified atom stereocenters. The van der Waals surface area contributed by atoms with Gasteiger partial charge in [0.15, 0.2) is 0 Å². The summed E-state index contributed by atoms with van der Waals surface area (Å²) in [6.07, 6.45) is 45.8. The van der Waals surface area contributed by atoms with Gasteiger partial charge in [0.1, 0.15) is 0 Å². The van der Waals surface area contributed by atoms with Crippen LogP contribution in [0.15, 0.2) is 49.1 Å². The SMILES string of the molecule is CCCCCCCCCCCCCCCCCCC(C(CCCCCCCCCCC)Cc1ccccc1)n1ccnc1. The van der Waals surface area contributed by atoms with Crippen LogP contribution in [-0.2, 0) is 6.42 Å². The fourth-order valence-corrected chi connectivity index (χ4v) is 7.06. The maximum atomic E-state index is 4.47. The van der Waals surface area contributed by atoms with Gasteiger partial charge in [0, 0.05) is 18.4 Å². The highest BCUT2D eigenvalue weighted by molar-refractivity contribution is 5.15. The molecule has 0 N–H and O–H groups in total. The summed E-state index contributed by atoms with van der Waals surface area (Å²) in [6.45, 7) is 4.62. The lowest BCUT2D eigenvalue weighted by Gasteiger charge is -2.29. The Morgan fingerprint density at radius 3 is 1.35 bits per heavy atom. The molecule has 0 fully saturated rings. The summed E-state index contributed by atoms with van der Waals surface area (Å²) in [4.78, 5) is 4.47. The van der Waals surface area contributed by atoms with Crippen molar-refractivity contribution in [3.05, 3.63) is 54.6 Å². The Labute approximate surface area is 269 Å². The highest BCUT2D eigenvalue weighted by Gasteiger charge is 2.23. The molecule has 2 nitrogen and oxygen atoms in total. The standard InChI is InChI=1S/C41H72N2/c1-3-5-7-9-11-13-14-15-16-17-18-19-21-23-25-30-34-41(43-36-35-42-38-43)40(37-39-31-27-26-28-32-39)33-29-24-22-20-12-10-8-6-4-2/h26-28,31-32,35-36,38,40-41H,3-25,29-30,33-34,37H2,1-2H3. The van der Waals surface area contributed by atoms with Gasteiger partial charge in [-0.25, -0.2) is 4.98 Å². The van der Waals surface area contributed by atoms with E-state index in [1.165, 1.54) is 185 Å². The number of nitrogens with zero attached hydrogens (tertiary/aromatic N) is 2. The Morgan fingerprint density at radius 2 is 0.930 bits per heavy atom. The van der Waals surface area contributed by atoms with Crippen molar-refractivity contribution in [2.45, 2.75) is 200 Å². The third kappa shape index (κ3) is 20.2. The van der Waals surface area contributed by atoms with Crippen LogP contribution in [0.3, 0.4) is 0 Å². The van der Waals surface area contributed by atoms with Crippen LogP contribution in [-0.4, -0.2) is 9.55 Å². The zero-order chi connectivity index (χ0) is 30.5. The summed E-state index contributed by atoms with van der Waals surface area (Å²) in [5, 5.41) is 0. The molecule has 2 heteroatoms. The molecule has 0 radical (unpaired) electrons. The van der Waals surface area contributed by atoms with Gasteiger partial charge >= 0.3 is 0 Å². The number of hydrogen-bond donors (Lipinski definition) is 0. The molecular weight excluding hydrogens is 520 g/mol. The first-order valence-corrected chi connectivity index (χ1v) is 19.4. The Balaban J connectivity index is 1.66. The molecule has 0 saturated heterocycles. The van der Waals surface area contributed by atoms with Gasteiger partial charge in [-0.3, -0.25) is 0 Å². The average molecular weight is 593 g/mol. The Bertz CT molecular complexity index is 798. The van der Waals surface area contributed by atoms with Crippen LogP contribution in [0.25, 0.3) is 0 Å². The summed E-state index contributed by atoms with van der Waals surface area (Å²) in [5.74, 6) is 0.692. The van der Waals surface area contributed by atoms with Crippen molar-refractivity contribution >= 4 is 0 Å². The van der Waals surface area contributed by atoms with Crippen molar-refractivity contribution in [3.8, 4) is 0 Å². The van der Waals surface area contributed by atoms with Gasteiger partial charge in [-0.15, -0.1) is 0 Å². The molecule has 2 aromatic rings. The molecule has 0 bridgehead atoms. The molecule has 2 atom stereocenters. The van der Waals surface area contributed by atoms with Gasteiger partial charge in [0.2, 0.25) is 0 Å². The first kappa shape index (κ1) is 37.6. The number of benzene rings is 1. The fraction of sp³-hybridized carbons (Fsp3) is 0.780. The summed E-state index contributed by atoms with van der Waals surface area (Å²) < 4.78 is 2.45. The van der Waals surface area contributed by atoms with Gasteiger partial charge in [-0.05, 0) is 30.7 Å². The zero-order valence-corrected chi connectivity index (χ0v) is 29.0. The summed E-state index contributed by atoms with van der Waals surface area (Å²) in [5.41, 5.74) is 1.50. The Morgan fingerprint density at radius 1 is 0.512 bits per heavy atom. The lowest BCUT2D eigenvalue weighted by atomic mass is 9.84. The summed E-state index contributed by atoms with van der Waals surface area (Å²) in [6, 6.07) is 11.8. The van der Waals surface area contributed by atoms with E-state index in [0.29, 0.717) is 12.0 Å². The second kappa shape index (κ2) is 27.9. The van der Waals surface area contributed by atoms with Gasteiger partial charge in [-0.1, -0.05) is 205 Å². The molecular formula is C41H72N2. The summed E-state index contributed by atoms with van der Waals surface area (Å²) in [7, 11) is 0. The lowest BCUT2D eigenvalue weighted by molar-refractivity contribution is 0.275. The molecule has 0 aliphatic rings. The van der Waals surface area contributed by atoms with Gasteiger partial charge in [-0.2, -0.15) is 0 Å². The number of unbranched alkanes of at least 4 members (excludes halogenated alkanes) is 23. The third-order valence-electron chi connectivity index (χ3n) is 9.82. The number of hydrogen-bond acceptors (Lipinski definition) is 1. The van der Waals surface area contributed by atoms with Crippen LogP contribution in [0.4, 0.5) is 0 Å². The summed E-state index contributed by atoms with van der Waals surface area (Å²) >= 11 is 0. The predicted octanol–water partition coefficient (Wildman–Crippen LogP) is 13.9. The number of imidazole rings is 1. The minimum Gasteiger partial charge on any atom is -0.334 e. The van der Waals surface area contributed by atoms with Crippen LogP contribution >= 0.6 is 0 Å². The van der Waals surface area contributed by atoms with Gasteiger partial charge < -0.3 is 4.57 Å². The number of rotatable bonds is 31. The van der Waals surface area contributed by atoms with E-state index in [0.717, 1.165) is 0 Å². The third-order valence-corrected chi connectivity index (χ3v) is 9.82. The zero-order valence-electron chi connectivity index (χ0n) is 29.0. The van der Waals surface area contributed by atoms with Crippen LogP contribution in [0.2, 0.25) is 0 Å². The van der Waals surface area contributed by atoms with Gasteiger partial charge in [0.05, 0.1) is 6.33 Å². The maximum absolute atomic E-state index is 4.47. The van der Waals surface area contributed by atoms with Crippen LogP contribution in [0.5, 0.6) is 0 Å². The monoisotopic (exact) mass is 593 g/mol. The molecule has 0 aliphatic heterocycles. The average Bonchev–Trinajstić information content (AvgIpc) is 3.57. The van der Waals surface area contributed by atoms with E-state index >= 15 is 0 Å². The largest absolute Gasteiger partial charge is 0.334 e. The van der Waals surface area contributed by atoms with Crippen molar-refractivity contribution in [2.75, 3.05) is 0 Å². The van der Waals surface area contributed by atoms with E-state index in [1.54, 1.807) is 0 Å². The molecule has 0 spiro atoms. The van der Waals surface area contributed by atoms with Crippen molar-refractivity contribution in [1.82, 2.24) is 9.55 Å². The van der Waals surface area contributed by atoms with Crippen LogP contribution in [0, 0.1) is 5.92 Å². The molecule has 1 aromatic carbocycles. The molecule has 246 valence electrons. The minimum absolute atomic E-state index is 0.573. The number of aromatic nitrogens is 2. The molecule has 2 rings (SSSR count). The van der Waals surface area contributed by atoms with Crippen LogP contribution < -0.4 is 0 Å². The second-order valence-electron chi connectivity index (χ2n) is 13.7. The van der Waals surface area contributed by atoms with E-state index in [1.807, 2.05) is 6.20 Å². The van der Waals surface area contributed by atoms with Crippen molar-refractivity contribution in [1.29, 1.82) is 0 Å². The Kier molecular flexibility index (Phi) is 24.4. The van der Waals surface area contributed by atoms with Crippen LogP contribution in [0.1, 0.15) is 199 Å². The molecule has 0 saturated carbocycles. The molecule has 0 aliphatic carbocycles. The quantitative estimate of drug-likeness (QED) is 0.0796. The molecule has 1 heterocycles. The minimum atomic E-state index is 0.573. The van der Waals surface area contributed by atoms with Crippen molar-refractivity contribution in [2.24, 2.45) is 5.92 Å². The van der Waals surface area contributed by atoms with Crippen molar-refractivity contribution < 1.29 is 0 Å². The lowest BCUT2D eigenvalue weighted by Crippen LogP contribution is -2.21. The van der Waals surface area contributed by atoms with E-state index in [2.05, 4.69) is 66.3 Å². The first-order valence-electron chi connectivity index (χ1n) is 19.4. The smallest absolute Gasteiger partial charge is 0.0948 e. The molecule has 0 amide bonds. The highest BCUT2D eigenvalue weighted by Crippen LogP contribution is 2.32. The Hall–Kier alpha value is -1.57. The van der Waals surface area contributed by atoms with Gasteiger partial charge in [0.25, 0.3) is 0 Å². The van der Waals surface area contributed by atoms with E-state index in [4.69, 9.17) is 0 Å². The van der Waals surface area contributed by atoms with Crippen molar-refractivity contribution in [3.63, 3.8) is 0 Å². The normalized spacial score (nSPS) is 13.0. The van der Waals surface area contributed by atoms with E-state index in [9.17, 15) is 0 Å². The second-order valence-corrected chi connectivity index (χ2v) is 13.7. The first-order chi connectivity index (χ1) is 21.3. The molecule has 1 aromatic heterocycles. The highest BCUT2D eigenvalue weighted by atomic mass is 15.1. The predicted molar refractivity (Wildman–Crippen MR) is 191 cm³/mol. The fourth-order valence-electron chi connectivity index (χ4n) is 7.06. The van der Waals surface area contributed by atoms with E-state index in [-0.39, 0.29) is 0 Å².